The molecule has 6 heteroatoms. The van der Waals surface area contributed by atoms with E-state index in [2.05, 4.69) is 15.5 Å². The van der Waals surface area contributed by atoms with E-state index in [1.807, 2.05) is 18.2 Å². The minimum Gasteiger partial charge on any atom is -0.486 e. The number of benzene rings is 1. The fraction of sp³-hybridized carbons (Fsp3) is 0.529. The molecule has 0 spiro atoms. The molecule has 1 saturated carbocycles. The van der Waals surface area contributed by atoms with Crippen LogP contribution in [0.25, 0.3) is 0 Å². The number of hydrogen-bond donors (Lipinski definition) is 1. The highest BCUT2D eigenvalue weighted by atomic mass is 16.6. The van der Waals surface area contributed by atoms with Crippen molar-refractivity contribution >= 4 is 6.01 Å². The van der Waals surface area contributed by atoms with E-state index in [0.717, 1.165) is 29.4 Å². The monoisotopic (exact) mass is 315 g/mol. The maximum atomic E-state index is 5.69. The second-order valence-electron chi connectivity index (χ2n) is 6.19. The van der Waals surface area contributed by atoms with Crippen LogP contribution in [0.3, 0.4) is 0 Å². The third kappa shape index (κ3) is 3.41. The maximum absolute atomic E-state index is 5.69. The van der Waals surface area contributed by atoms with Crippen LogP contribution in [0, 0.1) is 5.92 Å². The fourth-order valence-electron chi connectivity index (χ4n) is 3.24. The number of anilines is 1. The van der Waals surface area contributed by atoms with Crippen molar-refractivity contribution in [1.29, 1.82) is 0 Å². The molecule has 2 aromatic rings. The number of hydrogen-bond acceptors (Lipinski definition) is 6. The molecule has 2 heterocycles. The zero-order valence-corrected chi connectivity index (χ0v) is 13.1. The SMILES string of the molecule is c1cc2c(cc1CNc1nnc(CC3CCCC3)o1)OCCO2. The summed E-state index contributed by atoms with van der Waals surface area (Å²) in [6.45, 7) is 1.82. The Morgan fingerprint density at radius 1 is 1.04 bits per heavy atom. The molecule has 0 bridgehead atoms. The third-order valence-corrected chi connectivity index (χ3v) is 4.46. The van der Waals surface area contributed by atoms with Crippen LogP contribution in [-0.4, -0.2) is 23.4 Å². The quantitative estimate of drug-likeness (QED) is 0.914. The molecule has 0 amide bonds. The summed E-state index contributed by atoms with van der Waals surface area (Å²) in [6.07, 6.45) is 6.12. The number of nitrogens with one attached hydrogen (secondary N) is 1. The number of rotatable bonds is 5. The van der Waals surface area contributed by atoms with Crippen LogP contribution in [-0.2, 0) is 13.0 Å². The highest BCUT2D eigenvalue weighted by Gasteiger charge is 2.18. The summed E-state index contributed by atoms with van der Waals surface area (Å²) in [7, 11) is 0. The predicted molar refractivity (Wildman–Crippen MR) is 84.7 cm³/mol. The Labute approximate surface area is 135 Å². The standard InChI is InChI=1S/C17H21N3O3/c1-2-4-12(3-1)10-16-19-20-17(23-16)18-11-13-5-6-14-15(9-13)22-8-7-21-14/h5-6,9,12H,1-4,7-8,10-11H2,(H,18,20). The molecule has 1 aliphatic carbocycles. The second-order valence-corrected chi connectivity index (χ2v) is 6.19. The van der Waals surface area contributed by atoms with Gasteiger partial charge in [0.05, 0.1) is 0 Å². The predicted octanol–water partition coefficient (Wildman–Crippen LogP) is 3.19. The Balaban J connectivity index is 1.34. The van der Waals surface area contributed by atoms with E-state index in [9.17, 15) is 0 Å². The second kappa shape index (κ2) is 6.48. The first-order valence-electron chi connectivity index (χ1n) is 8.31. The van der Waals surface area contributed by atoms with Gasteiger partial charge in [-0.25, -0.2) is 0 Å². The van der Waals surface area contributed by atoms with Crippen LogP contribution in [0.4, 0.5) is 6.01 Å². The normalized spacial score (nSPS) is 17.4. The molecule has 1 fully saturated rings. The zero-order chi connectivity index (χ0) is 15.5. The van der Waals surface area contributed by atoms with Crippen LogP contribution in [0.5, 0.6) is 11.5 Å². The Morgan fingerprint density at radius 2 is 1.87 bits per heavy atom. The minimum atomic E-state index is 0.480. The fourth-order valence-corrected chi connectivity index (χ4v) is 3.24. The van der Waals surface area contributed by atoms with Crippen molar-refractivity contribution in [1.82, 2.24) is 10.2 Å². The Kier molecular flexibility index (Phi) is 4.05. The highest BCUT2D eigenvalue weighted by molar-refractivity contribution is 5.44. The average Bonchev–Trinajstić information content (AvgIpc) is 3.25. The first-order chi connectivity index (χ1) is 11.4. The molecular weight excluding hydrogens is 294 g/mol. The topological polar surface area (TPSA) is 69.4 Å². The van der Waals surface area contributed by atoms with Gasteiger partial charge in [-0.3, -0.25) is 0 Å². The lowest BCUT2D eigenvalue weighted by Gasteiger charge is -2.18. The summed E-state index contributed by atoms with van der Waals surface area (Å²) in [5, 5.41) is 11.4. The number of fused-ring (bicyclic) bond motifs is 1. The molecule has 1 N–H and O–H groups in total. The molecule has 1 aromatic heterocycles. The van der Waals surface area contributed by atoms with Crippen LogP contribution in [0.15, 0.2) is 22.6 Å². The third-order valence-electron chi connectivity index (χ3n) is 4.46. The molecule has 122 valence electrons. The maximum Gasteiger partial charge on any atom is 0.315 e. The van der Waals surface area contributed by atoms with Gasteiger partial charge in [0.25, 0.3) is 0 Å². The van der Waals surface area contributed by atoms with Gasteiger partial charge in [0.1, 0.15) is 13.2 Å². The molecule has 0 unspecified atom stereocenters. The van der Waals surface area contributed by atoms with E-state index in [1.165, 1.54) is 25.7 Å². The summed E-state index contributed by atoms with van der Waals surface area (Å²) < 4.78 is 16.8. The van der Waals surface area contributed by atoms with Gasteiger partial charge in [-0.1, -0.05) is 24.0 Å². The van der Waals surface area contributed by atoms with Gasteiger partial charge < -0.3 is 19.2 Å². The summed E-state index contributed by atoms with van der Waals surface area (Å²) in [4.78, 5) is 0. The molecule has 23 heavy (non-hydrogen) atoms. The van der Waals surface area contributed by atoms with Gasteiger partial charge in [-0.15, -0.1) is 5.10 Å². The van der Waals surface area contributed by atoms with Crippen LogP contribution in [0.1, 0.15) is 37.1 Å². The molecule has 1 aromatic carbocycles. The number of aromatic nitrogens is 2. The zero-order valence-electron chi connectivity index (χ0n) is 13.1. The molecule has 0 atom stereocenters. The van der Waals surface area contributed by atoms with E-state index in [1.54, 1.807) is 0 Å². The van der Waals surface area contributed by atoms with E-state index >= 15 is 0 Å². The van der Waals surface area contributed by atoms with E-state index in [-0.39, 0.29) is 0 Å². The molecule has 0 radical (unpaired) electrons. The van der Waals surface area contributed by atoms with Crippen molar-refractivity contribution in [2.24, 2.45) is 5.92 Å². The molecule has 2 aliphatic rings. The van der Waals surface area contributed by atoms with Crippen molar-refractivity contribution in [3.05, 3.63) is 29.7 Å². The van der Waals surface area contributed by atoms with Gasteiger partial charge in [0.2, 0.25) is 5.89 Å². The van der Waals surface area contributed by atoms with Gasteiger partial charge in [0.15, 0.2) is 11.5 Å². The van der Waals surface area contributed by atoms with Crippen molar-refractivity contribution < 1.29 is 13.9 Å². The van der Waals surface area contributed by atoms with E-state index in [0.29, 0.717) is 31.7 Å². The van der Waals surface area contributed by atoms with Gasteiger partial charge in [-0.05, 0) is 36.5 Å². The van der Waals surface area contributed by atoms with Gasteiger partial charge in [-0.2, -0.15) is 0 Å². The number of ether oxygens (including phenoxy) is 2. The Hall–Kier alpha value is -2.24. The molecule has 6 nitrogen and oxygen atoms in total. The smallest absolute Gasteiger partial charge is 0.315 e. The van der Waals surface area contributed by atoms with Gasteiger partial charge in [0, 0.05) is 13.0 Å². The number of nitrogens with zero attached hydrogens (tertiary/aromatic N) is 2. The first kappa shape index (κ1) is 14.4. The summed E-state index contributed by atoms with van der Waals surface area (Å²) in [5.74, 6) is 3.04. The minimum absolute atomic E-state index is 0.480. The lowest BCUT2D eigenvalue weighted by Crippen LogP contribution is -2.15. The molecule has 1 aliphatic heterocycles. The van der Waals surface area contributed by atoms with Crippen LogP contribution in [0.2, 0.25) is 0 Å². The van der Waals surface area contributed by atoms with Crippen LogP contribution < -0.4 is 14.8 Å². The highest BCUT2D eigenvalue weighted by Crippen LogP contribution is 2.31. The lowest BCUT2D eigenvalue weighted by atomic mass is 10.0. The molecule has 4 rings (SSSR count). The summed E-state index contributed by atoms with van der Waals surface area (Å²) in [6, 6.07) is 6.41. The van der Waals surface area contributed by atoms with Gasteiger partial charge >= 0.3 is 6.01 Å². The van der Waals surface area contributed by atoms with Crippen molar-refractivity contribution in [2.75, 3.05) is 18.5 Å². The largest absolute Gasteiger partial charge is 0.486 e. The van der Waals surface area contributed by atoms with E-state index in [4.69, 9.17) is 13.9 Å². The van der Waals surface area contributed by atoms with Crippen molar-refractivity contribution in [3.63, 3.8) is 0 Å². The lowest BCUT2D eigenvalue weighted by molar-refractivity contribution is 0.171. The van der Waals surface area contributed by atoms with Crippen molar-refractivity contribution in [3.8, 4) is 11.5 Å². The van der Waals surface area contributed by atoms with Crippen LogP contribution >= 0.6 is 0 Å². The van der Waals surface area contributed by atoms with Crippen molar-refractivity contribution in [2.45, 2.75) is 38.6 Å². The molecule has 0 saturated heterocycles. The average molecular weight is 315 g/mol. The van der Waals surface area contributed by atoms with E-state index < -0.39 is 0 Å². The summed E-state index contributed by atoms with van der Waals surface area (Å²) >= 11 is 0. The first-order valence-corrected chi connectivity index (χ1v) is 8.31. The Morgan fingerprint density at radius 3 is 2.74 bits per heavy atom. The summed E-state index contributed by atoms with van der Waals surface area (Å²) in [5.41, 5.74) is 1.09. The molecular formula is C17H21N3O3. The Bertz CT molecular complexity index is 665.